The van der Waals surface area contributed by atoms with Gasteiger partial charge in [0, 0.05) is 31.6 Å². The van der Waals surface area contributed by atoms with Crippen LogP contribution in [0.2, 0.25) is 0 Å². The molecule has 7 heteroatoms. The lowest BCUT2D eigenvalue weighted by Crippen LogP contribution is -2.45. The van der Waals surface area contributed by atoms with Crippen LogP contribution in [0.1, 0.15) is 57.2 Å². The first kappa shape index (κ1) is 18.6. The van der Waals surface area contributed by atoms with E-state index < -0.39 is 0 Å². The zero-order chi connectivity index (χ0) is 18.7. The van der Waals surface area contributed by atoms with E-state index in [-0.39, 0.29) is 23.9 Å². The molecule has 1 aliphatic carbocycles. The van der Waals surface area contributed by atoms with Gasteiger partial charge in [0.2, 0.25) is 11.8 Å². The maximum Gasteiger partial charge on any atom is 0.257 e. The molecule has 0 aromatic carbocycles. The van der Waals surface area contributed by atoms with Crippen molar-refractivity contribution in [3.63, 3.8) is 0 Å². The molecule has 1 aromatic heterocycles. The Morgan fingerprint density at radius 3 is 2.65 bits per heavy atom. The number of likely N-dealkylation sites (N-methyl/N-ethyl adjacent to an activating group) is 1. The van der Waals surface area contributed by atoms with Crippen molar-refractivity contribution in [3.8, 4) is 0 Å². The van der Waals surface area contributed by atoms with Crippen LogP contribution in [0.3, 0.4) is 0 Å². The second-order valence-corrected chi connectivity index (χ2v) is 7.27. The molecule has 2 amide bonds. The van der Waals surface area contributed by atoms with E-state index in [1.54, 1.807) is 4.90 Å². The molecule has 2 aliphatic rings. The second-order valence-electron chi connectivity index (χ2n) is 7.27. The normalized spacial score (nSPS) is 17.7. The predicted molar refractivity (Wildman–Crippen MR) is 97.6 cm³/mol. The summed E-state index contributed by atoms with van der Waals surface area (Å²) in [6.45, 7) is 5.13. The van der Waals surface area contributed by atoms with Gasteiger partial charge in [-0.05, 0) is 26.2 Å². The van der Waals surface area contributed by atoms with Crippen molar-refractivity contribution >= 4 is 11.8 Å². The number of amides is 2. The monoisotopic (exact) mass is 360 g/mol. The van der Waals surface area contributed by atoms with E-state index in [2.05, 4.69) is 4.98 Å². The van der Waals surface area contributed by atoms with Crippen LogP contribution in [0, 0.1) is 0 Å². The van der Waals surface area contributed by atoms with Gasteiger partial charge in [0.05, 0.1) is 18.6 Å². The highest BCUT2D eigenvalue weighted by atomic mass is 16.2. The van der Waals surface area contributed by atoms with Crippen molar-refractivity contribution in [2.75, 3.05) is 13.1 Å². The molecule has 0 bridgehead atoms. The zero-order valence-corrected chi connectivity index (χ0v) is 15.7. The third kappa shape index (κ3) is 3.81. The molecule has 0 spiro atoms. The standard InChI is InChI=1S/C19H28N4O3/c1-3-23(15-7-5-4-6-8-15)18(25)12-22-13-20-17-11-21(14(2)24)10-9-16(17)19(22)26/h13,15H,3-12H2,1-2H3. The SMILES string of the molecule is CCN(C(=O)Cn1cnc2c(c1=O)CCN(C(C)=O)C2)C1CCCCC1. The van der Waals surface area contributed by atoms with Crippen molar-refractivity contribution < 1.29 is 9.59 Å². The summed E-state index contributed by atoms with van der Waals surface area (Å²) >= 11 is 0. The van der Waals surface area contributed by atoms with Crippen LogP contribution in [0.15, 0.2) is 11.1 Å². The lowest BCUT2D eigenvalue weighted by molar-refractivity contribution is -0.134. The number of hydrogen-bond acceptors (Lipinski definition) is 4. The summed E-state index contributed by atoms with van der Waals surface area (Å²) in [7, 11) is 0. The van der Waals surface area contributed by atoms with Crippen molar-refractivity contribution in [2.45, 2.75) is 71.5 Å². The number of rotatable bonds is 4. The summed E-state index contributed by atoms with van der Waals surface area (Å²) < 4.78 is 1.43. The van der Waals surface area contributed by atoms with E-state index in [0.717, 1.165) is 12.8 Å². The minimum Gasteiger partial charge on any atom is -0.338 e. The van der Waals surface area contributed by atoms with Crippen LogP contribution in [0.4, 0.5) is 0 Å². The first-order chi connectivity index (χ1) is 12.5. The topological polar surface area (TPSA) is 75.5 Å². The van der Waals surface area contributed by atoms with Crippen LogP contribution in [0.25, 0.3) is 0 Å². The molecule has 0 unspecified atom stereocenters. The molecule has 1 saturated carbocycles. The van der Waals surface area contributed by atoms with Gasteiger partial charge in [-0.1, -0.05) is 19.3 Å². The first-order valence-electron chi connectivity index (χ1n) is 9.63. The van der Waals surface area contributed by atoms with E-state index in [4.69, 9.17) is 0 Å². The van der Waals surface area contributed by atoms with Gasteiger partial charge in [-0.15, -0.1) is 0 Å². The molecular formula is C19H28N4O3. The quantitative estimate of drug-likeness (QED) is 0.812. The summed E-state index contributed by atoms with van der Waals surface area (Å²) in [5.74, 6) is -0.0210. The van der Waals surface area contributed by atoms with E-state index in [1.807, 2.05) is 11.8 Å². The van der Waals surface area contributed by atoms with E-state index in [0.29, 0.717) is 43.4 Å². The summed E-state index contributed by atoms with van der Waals surface area (Å²) in [5, 5.41) is 0. The van der Waals surface area contributed by atoms with Crippen molar-refractivity contribution in [1.29, 1.82) is 0 Å². The molecule has 3 rings (SSSR count). The van der Waals surface area contributed by atoms with Gasteiger partial charge in [0.25, 0.3) is 5.56 Å². The Morgan fingerprint density at radius 2 is 2.00 bits per heavy atom. The number of hydrogen-bond donors (Lipinski definition) is 0. The summed E-state index contributed by atoms with van der Waals surface area (Å²) in [4.78, 5) is 45.0. The maximum absolute atomic E-state index is 12.8. The molecule has 1 aromatic rings. The molecule has 26 heavy (non-hydrogen) atoms. The molecule has 142 valence electrons. The Balaban J connectivity index is 1.75. The Hall–Kier alpha value is -2.18. The third-order valence-electron chi connectivity index (χ3n) is 5.62. The van der Waals surface area contributed by atoms with Crippen LogP contribution in [-0.2, 0) is 29.1 Å². The second kappa shape index (κ2) is 8.01. The molecule has 2 heterocycles. The van der Waals surface area contributed by atoms with Crippen molar-refractivity contribution in [3.05, 3.63) is 27.9 Å². The Bertz CT molecular complexity index is 737. The molecule has 0 atom stereocenters. The number of fused-ring (bicyclic) bond motifs is 1. The van der Waals surface area contributed by atoms with Gasteiger partial charge < -0.3 is 9.80 Å². The van der Waals surface area contributed by atoms with Crippen molar-refractivity contribution in [1.82, 2.24) is 19.4 Å². The van der Waals surface area contributed by atoms with Gasteiger partial charge in [0.15, 0.2) is 0 Å². The molecule has 0 N–H and O–H groups in total. The largest absolute Gasteiger partial charge is 0.338 e. The first-order valence-corrected chi connectivity index (χ1v) is 9.63. The lowest BCUT2D eigenvalue weighted by Gasteiger charge is -2.34. The number of carbonyl (C=O) groups excluding carboxylic acids is 2. The Labute approximate surface area is 154 Å². The Morgan fingerprint density at radius 1 is 1.27 bits per heavy atom. The highest BCUT2D eigenvalue weighted by molar-refractivity contribution is 5.76. The fraction of sp³-hybridized carbons (Fsp3) is 0.684. The van der Waals surface area contributed by atoms with Gasteiger partial charge in [-0.2, -0.15) is 0 Å². The summed E-state index contributed by atoms with van der Waals surface area (Å²) in [6, 6.07) is 0.298. The lowest BCUT2D eigenvalue weighted by atomic mass is 9.94. The van der Waals surface area contributed by atoms with E-state index >= 15 is 0 Å². The molecular weight excluding hydrogens is 332 g/mol. The predicted octanol–water partition coefficient (Wildman–Crippen LogP) is 1.33. The van der Waals surface area contributed by atoms with E-state index in [9.17, 15) is 14.4 Å². The van der Waals surface area contributed by atoms with Gasteiger partial charge in [-0.25, -0.2) is 4.98 Å². The highest BCUT2D eigenvalue weighted by Crippen LogP contribution is 2.22. The fourth-order valence-corrected chi connectivity index (χ4v) is 4.11. The molecule has 7 nitrogen and oxygen atoms in total. The number of carbonyl (C=O) groups is 2. The van der Waals surface area contributed by atoms with Crippen LogP contribution in [-0.4, -0.2) is 50.3 Å². The minimum absolute atomic E-state index is 0.00979. The van der Waals surface area contributed by atoms with Crippen LogP contribution in [0.5, 0.6) is 0 Å². The van der Waals surface area contributed by atoms with Gasteiger partial charge in [0.1, 0.15) is 6.54 Å². The summed E-state index contributed by atoms with van der Waals surface area (Å²) in [6.07, 6.45) is 7.64. The Kier molecular flexibility index (Phi) is 5.74. The average molecular weight is 360 g/mol. The molecule has 1 aliphatic heterocycles. The van der Waals surface area contributed by atoms with E-state index in [1.165, 1.54) is 37.1 Å². The molecule has 0 saturated heterocycles. The van der Waals surface area contributed by atoms with Gasteiger partial charge in [-0.3, -0.25) is 19.0 Å². The zero-order valence-electron chi connectivity index (χ0n) is 15.7. The van der Waals surface area contributed by atoms with Gasteiger partial charge >= 0.3 is 0 Å². The van der Waals surface area contributed by atoms with Crippen LogP contribution >= 0.6 is 0 Å². The van der Waals surface area contributed by atoms with Crippen molar-refractivity contribution in [2.24, 2.45) is 0 Å². The average Bonchev–Trinajstić information content (AvgIpc) is 2.65. The molecule has 1 fully saturated rings. The third-order valence-corrected chi connectivity index (χ3v) is 5.62. The highest BCUT2D eigenvalue weighted by Gasteiger charge is 2.26. The number of nitrogens with zero attached hydrogens (tertiary/aromatic N) is 4. The maximum atomic E-state index is 12.8. The summed E-state index contributed by atoms with van der Waals surface area (Å²) in [5.41, 5.74) is 1.14. The smallest absolute Gasteiger partial charge is 0.257 e. The number of aromatic nitrogens is 2. The minimum atomic E-state index is -0.147. The van der Waals surface area contributed by atoms with Crippen LogP contribution < -0.4 is 5.56 Å². The fourth-order valence-electron chi connectivity index (χ4n) is 4.11. The molecule has 0 radical (unpaired) electrons.